The monoisotopic (exact) mass is 351 g/mol. The number of amides is 1. The van der Waals surface area contributed by atoms with E-state index in [1.807, 2.05) is 12.1 Å². The minimum absolute atomic E-state index is 0.0183. The second-order valence-corrected chi connectivity index (χ2v) is 6.64. The van der Waals surface area contributed by atoms with E-state index in [0.29, 0.717) is 24.4 Å². The van der Waals surface area contributed by atoms with Crippen LogP contribution >= 0.6 is 15.9 Å². The molecule has 0 N–H and O–H groups in total. The van der Waals surface area contributed by atoms with Gasteiger partial charge in [0.25, 0.3) is 0 Å². The van der Waals surface area contributed by atoms with Gasteiger partial charge in [-0.15, -0.1) is 0 Å². The molecule has 0 bridgehead atoms. The first-order valence-electron chi connectivity index (χ1n) is 7.66. The predicted molar refractivity (Wildman–Crippen MR) is 87.3 cm³/mol. The van der Waals surface area contributed by atoms with Gasteiger partial charge in [0.05, 0.1) is 6.54 Å². The summed E-state index contributed by atoms with van der Waals surface area (Å²) in [6.07, 6.45) is 4.92. The van der Waals surface area contributed by atoms with Crippen LogP contribution in [-0.2, 0) is 4.79 Å². The fraction of sp³-hybridized carbons (Fsp3) is 0.529. The van der Waals surface area contributed by atoms with Crippen LogP contribution in [0.4, 0.5) is 0 Å². The SMILES string of the molecule is CCCC1CCC(=O)N(CC(=O)c2ccc(Br)cc2)CC1. The molecule has 1 fully saturated rings. The number of rotatable bonds is 5. The molecule has 114 valence electrons. The summed E-state index contributed by atoms with van der Waals surface area (Å²) in [5, 5.41) is 0. The van der Waals surface area contributed by atoms with Crippen molar-refractivity contribution in [3.63, 3.8) is 0 Å². The molecule has 4 heteroatoms. The van der Waals surface area contributed by atoms with E-state index in [1.165, 1.54) is 6.42 Å². The Bertz CT molecular complexity index is 498. The lowest BCUT2D eigenvalue weighted by Gasteiger charge is -2.20. The molecule has 21 heavy (non-hydrogen) atoms. The molecule has 3 nitrogen and oxygen atoms in total. The Hall–Kier alpha value is -1.16. The summed E-state index contributed by atoms with van der Waals surface area (Å²) < 4.78 is 0.951. The molecule has 0 aliphatic carbocycles. The standard InChI is InChI=1S/C17H22BrNO2/c1-2-3-13-4-9-17(21)19(11-10-13)12-16(20)14-5-7-15(18)8-6-14/h5-8,13H,2-4,9-12H2,1H3. The molecule has 1 aliphatic rings. The first-order chi connectivity index (χ1) is 10.1. The van der Waals surface area contributed by atoms with Crippen molar-refractivity contribution in [2.45, 2.75) is 39.0 Å². The van der Waals surface area contributed by atoms with Crippen molar-refractivity contribution in [3.8, 4) is 0 Å². The second kappa shape index (κ2) is 7.74. The lowest BCUT2D eigenvalue weighted by Crippen LogP contribution is -2.35. The number of ketones is 1. The average molecular weight is 352 g/mol. The highest BCUT2D eigenvalue weighted by molar-refractivity contribution is 9.10. The highest BCUT2D eigenvalue weighted by Crippen LogP contribution is 2.23. The zero-order valence-corrected chi connectivity index (χ0v) is 14.1. The summed E-state index contributed by atoms with van der Waals surface area (Å²) in [6.45, 7) is 3.10. The molecular formula is C17H22BrNO2. The van der Waals surface area contributed by atoms with Gasteiger partial charge in [-0.05, 0) is 30.9 Å². The summed E-state index contributed by atoms with van der Waals surface area (Å²) in [5.41, 5.74) is 0.667. The van der Waals surface area contributed by atoms with Gasteiger partial charge < -0.3 is 4.90 Å². The van der Waals surface area contributed by atoms with E-state index in [4.69, 9.17) is 0 Å². The Labute approximate surface area is 134 Å². The smallest absolute Gasteiger partial charge is 0.222 e. The number of Topliss-reactive ketones (excluding diaryl/α,β-unsaturated/α-hetero) is 1. The first kappa shape index (κ1) is 16.2. The van der Waals surface area contributed by atoms with E-state index in [-0.39, 0.29) is 18.2 Å². The topological polar surface area (TPSA) is 37.4 Å². The van der Waals surface area contributed by atoms with Crippen LogP contribution in [0.25, 0.3) is 0 Å². The number of likely N-dealkylation sites (tertiary alicyclic amines) is 1. The van der Waals surface area contributed by atoms with Gasteiger partial charge in [-0.3, -0.25) is 9.59 Å². The molecule has 1 heterocycles. The predicted octanol–water partition coefficient (Wildman–Crippen LogP) is 4.06. The molecule has 1 amide bonds. The summed E-state index contributed by atoms with van der Waals surface area (Å²) in [6, 6.07) is 7.31. The molecule has 1 aromatic carbocycles. The number of halogens is 1. The summed E-state index contributed by atoms with van der Waals surface area (Å²) in [7, 11) is 0. The first-order valence-corrected chi connectivity index (χ1v) is 8.46. The molecule has 0 spiro atoms. The Morgan fingerprint density at radius 1 is 1.29 bits per heavy atom. The minimum atomic E-state index is 0.0183. The van der Waals surface area contributed by atoms with Crippen LogP contribution in [0, 0.1) is 5.92 Å². The molecule has 1 saturated heterocycles. The van der Waals surface area contributed by atoms with Crippen molar-refractivity contribution in [3.05, 3.63) is 34.3 Å². The maximum atomic E-state index is 12.3. The van der Waals surface area contributed by atoms with Crippen LogP contribution in [0.15, 0.2) is 28.7 Å². The number of carbonyl (C=O) groups excluding carboxylic acids is 2. The fourth-order valence-corrected chi connectivity index (χ4v) is 3.12. The van der Waals surface area contributed by atoms with E-state index in [0.717, 1.165) is 23.7 Å². The molecule has 0 aromatic heterocycles. The number of benzene rings is 1. The fourth-order valence-electron chi connectivity index (χ4n) is 2.86. The normalized spacial score (nSPS) is 19.4. The third kappa shape index (κ3) is 4.67. The van der Waals surface area contributed by atoms with Crippen LogP contribution in [0.2, 0.25) is 0 Å². The number of hydrogen-bond acceptors (Lipinski definition) is 2. The van der Waals surface area contributed by atoms with Gasteiger partial charge in [-0.25, -0.2) is 0 Å². The molecule has 1 atom stereocenters. The van der Waals surface area contributed by atoms with Gasteiger partial charge in [0.2, 0.25) is 5.91 Å². The third-order valence-corrected chi connectivity index (χ3v) is 4.65. The molecule has 0 radical (unpaired) electrons. The molecule has 1 aromatic rings. The molecule has 0 saturated carbocycles. The zero-order chi connectivity index (χ0) is 15.2. The van der Waals surface area contributed by atoms with Gasteiger partial charge in [0, 0.05) is 23.0 Å². The van der Waals surface area contributed by atoms with Gasteiger partial charge in [0.1, 0.15) is 0 Å². The van der Waals surface area contributed by atoms with Crippen LogP contribution < -0.4 is 0 Å². The van der Waals surface area contributed by atoms with Crippen LogP contribution in [0.5, 0.6) is 0 Å². The van der Waals surface area contributed by atoms with Gasteiger partial charge in [-0.1, -0.05) is 47.8 Å². The largest absolute Gasteiger partial charge is 0.335 e. The van der Waals surface area contributed by atoms with Crippen LogP contribution in [0.3, 0.4) is 0 Å². The number of carbonyl (C=O) groups is 2. The Morgan fingerprint density at radius 3 is 2.67 bits per heavy atom. The number of hydrogen-bond donors (Lipinski definition) is 0. The molecule has 1 unspecified atom stereocenters. The summed E-state index contributed by atoms with van der Waals surface area (Å²) >= 11 is 3.36. The molecule has 1 aliphatic heterocycles. The van der Waals surface area contributed by atoms with Gasteiger partial charge >= 0.3 is 0 Å². The Morgan fingerprint density at radius 2 is 2.00 bits per heavy atom. The lowest BCUT2D eigenvalue weighted by atomic mass is 9.96. The average Bonchev–Trinajstić information content (AvgIpc) is 2.64. The van der Waals surface area contributed by atoms with Crippen LogP contribution in [0.1, 0.15) is 49.4 Å². The molecular weight excluding hydrogens is 330 g/mol. The van der Waals surface area contributed by atoms with E-state index < -0.39 is 0 Å². The van der Waals surface area contributed by atoms with Gasteiger partial charge in [-0.2, -0.15) is 0 Å². The second-order valence-electron chi connectivity index (χ2n) is 5.73. The van der Waals surface area contributed by atoms with Crippen molar-refractivity contribution >= 4 is 27.6 Å². The van der Waals surface area contributed by atoms with Crippen molar-refractivity contribution in [1.82, 2.24) is 4.90 Å². The van der Waals surface area contributed by atoms with E-state index in [9.17, 15) is 9.59 Å². The van der Waals surface area contributed by atoms with Crippen molar-refractivity contribution < 1.29 is 9.59 Å². The van der Waals surface area contributed by atoms with Crippen molar-refractivity contribution in [1.29, 1.82) is 0 Å². The maximum Gasteiger partial charge on any atom is 0.222 e. The zero-order valence-electron chi connectivity index (χ0n) is 12.5. The van der Waals surface area contributed by atoms with E-state index >= 15 is 0 Å². The quantitative estimate of drug-likeness (QED) is 0.750. The highest BCUT2D eigenvalue weighted by atomic mass is 79.9. The minimum Gasteiger partial charge on any atom is -0.335 e. The third-order valence-electron chi connectivity index (χ3n) is 4.12. The van der Waals surface area contributed by atoms with Gasteiger partial charge in [0.15, 0.2) is 5.78 Å². The maximum absolute atomic E-state index is 12.3. The number of nitrogens with zero attached hydrogens (tertiary/aromatic N) is 1. The molecule has 2 rings (SSSR count). The van der Waals surface area contributed by atoms with Crippen LogP contribution in [-0.4, -0.2) is 29.7 Å². The Kier molecular flexibility index (Phi) is 5.97. The van der Waals surface area contributed by atoms with Crippen molar-refractivity contribution in [2.75, 3.05) is 13.1 Å². The lowest BCUT2D eigenvalue weighted by molar-refractivity contribution is -0.130. The highest BCUT2D eigenvalue weighted by Gasteiger charge is 2.23. The summed E-state index contributed by atoms with van der Waals surface area (Å²) in [5.74, 6) is 0.774. The Balaban J connectivity index is 1.96. The van der Waals surface area contributed by atoms with Crippen molar-refractivity contribution in [2.24, 2.45) is 5.92 Å². The van der Waals surface area contributed by atoms with E-state index in [1.54, 1.807) is 17.0 Å². The summed E-state index contributed by atoms with van der Waals surface area (Å²) in [4.78, 5) is 26.2. The van der Waals surface area contributed by atoms with E-state index in [2.05, 4.69) is 22.9 Å².